The van der Waals surface area contributed by atoms with Gasteiger partial charge in [0.25, 0.3) is 0 Å². The second-order valence-corrected chi connectivity index (χ2v) is 12.1. The molecule has 0 aromatic heterocycles. The molecule has 0 saturated heterocycles. The van der Waals surface area contributed by atoms with Gasteiger partial charge in [-0.2, -0.15) is 11.8 Å². The van der Waals surface area contributed by atoms with E-state index >= 15 is 0 Å². The number of unbranched alkanes of at least 4 members (excludes halogenated alkanes) is 20. The standard InChI is InChI=1S/C33H66O4S/c1-3-5-7-9-11-13-15-16-18-20-22-24-31-38-32-25-33(34)37-30-29-36-28-27-35-26-23-21-19-17-14-12-10-8-6-4-2/h3-32H2,1-2H3. The van der Waals surface area contributed by atoms with Gasteiger partial charge in [-0.25, -0.2) is 0 Å². The number of ether oxygens (including phenoxy) is 3. The fraction of sp³-hybridized carbons (Fsp3) is 0.970. The van der Waals surface area contributed by atoms with Crippen molar-refractivity contribution in [3.8, 4) is 0 Å². The van der Waals surface area contributed by atoms with Crippen LogP contribution in [-0.2, 0) is 19.0 Å². The van der Waals surface area contributed by atoms with Crippen LogP contribution in [0, 0.1) is 0 Å². The molecule has 0 amide bonds. The Morgan fingerprint density at radius 3 is 1.34 bits per heavy atom. The molecule has 0 radical (unpaired) electrons. The zero-order valence-electron chi connectivity index (χ0n) is 25.8. The van der Waals surface area contributed by atoms with Crippen molar-refractivity contribution >= 4 is 17.7 Å². The molecular formula is C33H66O4S. The average molecular weight is 559 g/mol. The van der Waals surface area contributed by atoms with Crippen LogP contribution in [0.2, 0.25) is 0 Å². The number of esters is 1. The Kier molecular flexibility index (Phi) is 34.5. The summed E-state index contributed by atoms with van der Waals surface area (Å²) in [6, 6.07) is 0. The number of hydrogen-bond donors (Lipinski definition) is 0. The monoisotopic (exact) mass is 558 g/mol. The van der Waals surface area contributed by atoms with Gasteiger partial charge in [0.1, 0.15) is 6.61 Å². The van der Waals surface area contributed by atoms with Crippen molar-refractivity contribution in [2.45, 2.75) is 162 Å². The summed E-state index contributed by atoms with van der Waals surface area (Å²) >= 11 is 1.88. The first-order chi connectivity index (χ1) is 18.8. The van der Waals surface area contributed by atoms with Crippen LogP contribution in [0.25, 0.3) is 0 Å². The molecule has 0 aromatic carbocycles. The number of carbonyl (C=O) groups excluding carboxylic acids is 1. The Morgan fingerprint density at radius 1 is 0.447 bits per heavy atom. The summed E-state index contributed by atoms with van der Waals surface area (Å²) in [5, 5.41) is 0. The van der Waals surface area contributed by atoms with Crippen molar-refractivity contribution < 1.29 is 19.0 Å². The van der Waals surface area contributed by atoms with Gasteiger partial charge in [0.15, 0.2) is 0 Å². The van der Waals surface area contributed by atoms with Crippen molar-refractivity contribution in [2.75, 3.05) is 44.5 Å². The molecule has 0 aliphatic carbocycles. The number of hydrogen-bond acceptors (Lipinski definition) is 5. The van der Waals surface area contributed by atoms with Crippen molar-refractivity contribution in [3.05, 3.63) is 0 Å². The van der Waals surface area contributed by atoms with Gasteiger partial charge in [-0.15, -0.1) is 0 Å². The predicted molar refractivity (Wildman–Crippen MR) is 167 cm³/mol. The highest BCUT2D eigenvalue weighted by atomic mass is 32.2. The van der Waals surface area contributed by atoms with Crippen molar-refractivity contribution in [3.63, 3.8) is 0 Å². The first kappa shape index (κ1) is 37.7. The highest BCUT2D eigenvalue weighted by molar-refractivity contribution is 7.99. The zero-order chi connectivity index (χ0) is 27.6. The molecule has 0 aliphatic rings. The third-order valence-electron chi connectivity index (χ3n) is 7.10. The molecule has 0 unspecified atom stereocenters. The van der Waals surface area contributed by atoms with Crippen LogP contribution in [0.4, 0.5) is 0 Å². The molecule has 0 rings (SSSR count). The first-order valence-corrected chi connectivity index (χ1v) is 17.9. The number of carbonyl (C=O) groups is 1. The third-order valence-corrected chi connectivity index (χ3v) is 8.17. The second-order valence-electron chi connectivity index (χ2n) is 10.9. The van der Waals surface area contributed by atoms with Gasteiger partial charge in [0, 0.05) is 12.4 Å². The van der Waals surface area contributed by atoms with E-state index in [1.54, 1.807) is 0 Å². The van der Waals surface area contributed by atoms with Gasteiger partial charge in [-0.05, 0) is 18.6 Å². The van der Waals surface area contributed by atoms with Gasteiger partial charge >= 0.3 is 5.97 Å². The van der Waals surface area contributed by atoms with E-state index in [4.69, 9.17) is 14.2 Å². The van der Waals surface area contributed by atoms with Crippen LogP contribution in [0.3, 0.4) is 0 Å². The molecule has 0 aromatic rings. The minimum absolute atomic E-state index is 0.104. The van der Waals surface area contributed by atoms with Crippen LogP contribution in [0.15, 0.2) is 0 Å². The summed E-state index contributed by atoms with van der Waals surface area (Å²) in [4.78, 5) is 11.8. The lowest BCUT2D eigenvalue weighted by molar-refractivity contribution is -0.144. The van der Waals surface area contributed by atoms with E-state index < -0.39 is 0 Å². The van der Waals surface area contributed by atoms with Gasteiger partial charge < -0.3 is 14.2 Å². The van der Waals surface area contributed by atoms with E-state index in [2.05, 4.69) is 13.8 Å². The molecular weight excluding hydrogens is 492 g/mol. The molecule has 0 saturated carbocycles. The quantitative estimate of drug-likeness (QED) is 0.0592. The topological polar surface area (TPSA) is 44.8 Å². The molecule has 0 bridgehead atoms. The Morgan fingerprint density at radius 2 is 0.842 bits per heavy atom. The Labute approximate surface area is 242 Å². The molecule has 38 heavy (non-hydrogen) atoms. The lowest BCUT2D eigenvalue weighted by Crippen LogP contribution is -2.13. The maximum atomic E-state index is 11.8. The zero-order valence-corrected chi connectivity index (χ0v) is 26.6. The molecule has 228 valence electrons. The molecule has 4 nitrogen and oxygen atoms in total. The summed E-state index contributed by atoms with van der Waals surface area (Å²) < 4.78 is 16.4. The largest absolute Gasteiger partial charge is 0.463 e. The Hall–Kier alpha value is -0.260. The van der Waals surface area contributed by atoms with Crippen molar-refractivity contribution in [1.82, 2.24) is 0 Å². The molecule has 0 heterocycles. The normalized spacial score (nSPS) is 11.3. The van der Waals surface area contributed by atoms with E-state index in [-0.39, 0.29) is 5.97 Å². The molecule has 0 N–H and O–H groups in total. The second kappa shape index (κ2) is 34.8. The molecule has 0 atom stereocenters. The summed E-state index contributed by atoms with van der Waals surface area (Å²) in [7, 11) is 0. The Balaban J connectivity index is 3.14. The lowest BCUT2D eigenvalue weighted by atomic mass is 10.1. The SMILES string of the molecule is CCCCCCCCCCCCCCSCCC(=O)OCCOCCOCCCCCCCCCCCC. The number of rotatable bonds is 33. The molecule has 0 fully saturated rings. The summed E-state index contributed by atoms with van der Waals surface area (Å²) in [6.07, 6.45) is 30.6. The highest BCUT2D eigenvalue weighted by Crippen LogP contribution is 2.14. The fourth-order valence-corrected chi connectivity index (χ4v) is 5.53. The van der Waals surface area contributed by atoms with Gasteiger partial charge in [0.05, 0.1) is 26.2 Å². The van der Waals surface area contributed by atoms with Crippen LogP contribution in [-0.4, -0.2) is 50.5 Å². The van der Waals surface area contributed by atoms with E-state index in [1.165, 1.54) is 135 Å². The van der Waals surface area contributed by atoms with E-state index in [0.29, 0.717) is 32.8 Å². The van der Waals surface area contributed by atoms with Gasteiger partial charge in [-0.3, -0.25) is 4.79 Å². The van der Waals surface area contributed by atoms with Crippen LogP contribution >= 0.6 is 11.8 Å². The summed E-state index contributed by atoms with van der Waals surface area (Å²) in [5.74, 6) is 1.92. The Bertz CT molecular complexity index is 447. The fourth-order valence-electron chi connectivity index (χ4n) is 4.60. The number of thioether (sulfide) groups is 1. The molecule has 0 aliphatic heterocycles. The maximum absolute atomic E-state index is 11.8. The third kappa shape index (κ3) is 33.8. The van der Waals surface area contributed by atoms with E-state index in [9.17, 15) is 4.79 Å². The predicted octanol–water partition coefficient (Wildman–Crippen LogP) is 10.3. The van der Waals surface area contributed by atoms with E-state index in [0.717, 1.165) is 24.5 Å². The maximum Gasteiger partial charge on any atom is 0.306 e. The minimum Gasteiger partial charge on any atom is -0.463 e. The molecule has 0 spiro atoms. The van der Waals surface area contributed by atoms with Crippen molar-refractivity contribution in [1.29, 1.82) is 0 Å². The van der Waals surface area contributed by atoms with Crippen LogP contribution < -0.4 is 0 Å². The smallest absolute Gasteiger partial charge is 0.306 e. The lowest BCUT2D eigenvalue weighted by Gasteiger charge is -2.07. The average Bonchev–Trinajstić information content (AvgIpc) is 2.92. The highest BCUT2D eigenvalue weighted by Gasteiger charge is 2.03. The van der Waals surface area contributed by atoms with Gasteiger partial charge in [0.2, 0.25) is 0 Å². The van der Waals surface area contributed by atoms with Gasteiger partial charge in [-0.1, -0.05) is 142 Å². The molecule has 5 heteroatoms. The van der Waals surface area contributed by atoms with E-state index in [1.807, 2.05) is 11.8 Å². The summed E-state index contributed by atoms with van der Waals surface area (Å²) in [6.45, 7) is 7.38. The first-order valence-electron chi connectivity index (χ1n) is 16.7. The van der Waals surface area contributed by atoms with Crippen molar-refractivity contribution in [2.24, 2.45) is 0 Å². The van der Waals surface area contributed by atoms with Crippen LogP contribution in [0.5, 0.6) is 0 Å². The minimum atomic E-state index is -0.104. The summed E-state index contributed by atoms with van der Waals surface area (Å²) in [5.41, 5.74) is 0. The van der Waals surface area contributed by atoms with Crippen LogP contribution in [0.1, 0.15) is 162 Å².